The summed E-state index contributed by atoms with van der Waals surface area (Å²) in [6, 6.07) is 0.308. The van der Waals surface area contributed by atoms with Crippen molar-refractivity contribution >= 4 is 5.96 Å². The van der Waals surface area contributed by atoms with Crippen LogP contribution in [-0.2, 0) is 0 Å². The molecule has 4 N–H and O–H groups in total. The summed E-state index contributed by atoms with van der Waals surface area (Å²) in [7, 11) is 0. The Morgan fingerprint density at radius 3 is 2.15 bits per heavy atom. The van der Waals surface area contributed by atoms with Gasteiger partial charge in [0.2, 0.25) is 0 Å². The summed E-state index contributed by atoms with van der Waals surface area (Å²) in [6.07, 6.45) is 8.02. The van der Waals surface area contributed by atoms with Crippen molar-refractivity contribution in [1.82, 2.24) is 0 Å². The third-order valence-corrected chi connectivity index (χ3v) is 2.93. The molecular weight excluding hydrogens is 162 g/mol. The van der Waals surface area contributed by atoms with E-state index in [0.29, 0.717) is 12.0 Å². The highest BCUT2D eigenvalue weighted by Gasteiger charge is 2.18. The lowest BCUT2D eigenvalue weighted by Crippen LogP contribution is -2.27. The third-order valence-electron chi connectivity index (χ3n) is 2.93. The van der Waals surface area contributed by atoms with E-state index in [0.717, 1.165) is 0 Å². The first-order valence-corrected chi connectivity index (χ1v) is 5.29. The Balaban J connectivity index is 2.43. The molecule has 1 aliphatic carbocycles. The standard InChI is InChI=1S/C10H21N3/c1-8(13-10(11)12)9-6-4-2-3-5-7-9/h8-9H,2-7H2,1H3,(H4,11,12,13)/t8-/m1/s1. The fourth-order valence-corrected chi connectivity index (χ4v) is 2.13. The van der Waals surface area contributed by atoms with Crippen LogP contribution in [0.5, 0.6) is 0 Å². The number of hydrogen-bond acceptors (Lipinski definition) is 1. The fraction of sp³-hybridized carbons (Fsp3) is 0.900. The van der Waals surface area contributed by atoms with Crippen molar-refractivity contribution in [2.45, 2.75) is 51.5 Å². The maximum atomic E-state index is 5.37. The molecule has 1 saturated carbocycles. The second kappa shape index (κ2) is 5.10. The monoisotopic (exact) mass is 183 g/mol. The van der Waals surface area contributed by atoms with E-state index in [9.17, 15) is 0 Å². The molecule has 0 spiro atoms. The van der Waals surface area contributed by atoms with Crippen LogP contribution < -0.4 is 11.5 Å². The zero-order valence-corrected chi connectivity index (χ0v) is 8.50. The van der Waals surface area contributed by atoms with Gasteiger partial charge in [0.25, 0.3) is 0 Å². The highest BCUT2D eigenvalue weighted by atomic mass is 15.0. The van der Waals surface area contributed by atoms with E-state index >= 15 is 0 Å². The minimum Gasteiger partial charge on any atom is -0.370 e. The van der Waals surface area contributed by atoms with Crippen LogP contribution in [0.2, 0.25) is 0 Å². The average molecular weight is 183 g/mol. The molecule has 0 aromatic carbocycles. The van der Waals surface area contributed by atoms with Crippen LogP contribution in [0.3, 0.4) is 0 Å². The highest BCUT2D eigenvalue weighted by Crippen LogP contribution is 2.26. The Hall–Kier alpha value is -0.730. The van der Waals surface area contributed by atoms with Gasteiger partial charge in [0, 0.05) is 0 Å². The van der Waals surface area contributed by atoms with Gasteiger partial charge in [-0.3, -0.25) is 4.99 Å². The molecule has 3 heteroatoms. The van der Waals surface area contributed by atoms with Gasteiger partial charge in [-0.1, -0.05) is 25.7 Å². The number of aliphatic imine (C=N–C) groups is 1. The maximum Gasteiger partial charge on any atom is 0.186 e. The van der Waals surface area contributed by atoms with Crippen LogP contribution in [0.1, 0.15) is 45.4 Å². The maximum absolute atomic E-state index is 5.37. The quantitative estimate of drug-likeness (QED) is 0.388. The van der Waals surface area contributed by atoms with E-state index < -0.39 is 0 Å². The van der Waals surface area contributed by atoms with Crippen molar-refractivity contribution in [2.75, 3.05) is 0 Å². The Bertz CT molecular complexity index is 165. The van der Waals surface area contributed by atoms with Gasteiger partial charge in [-0.2, -0.15) is 0 Å². The Morgan fingerprint density at radius 1 is 1.15 bits per heavy atom. The zero-order chi connectivity index (χ0) is 9.68. The fourth-order valence-electron chi connectivity index (χ4n) is 2.13. The Labute approximate surface area is 80.6 Å². The predicted molar refractivity (Wildman–Crippen MR) is 56.5 cm³/mol. The summed E-state index contributed by atoms with van der Waals surface area (Å²) >= 11 is 0. The van der Waals surface area contributed by atoms with E-state index in [2.05, 4.69) is 11.9 Å². The van der Waals surface area contributed by atoms with E-state index in [1.165, 1.54) is 38.5 Å². The highest BCUT2D eigenvalue weighted by molar-refractivity contribution is 5.75. The molecule has 76 valence electrons. The van der Waals surface area contributed by atoms with Crippen LogP contribution in [-0.4, -0.2) is 12.0 Å². The number of guanidine groups is 1. The number of nitrogens with zero attached hydrogens (tertiary/aromatic N) is 1. The van der Waals surface area contributed by atoms with Crippen molar-refractivity contribution in [3.8, 4) is 0 Å². The first-order chi connectivity index (χ1) is 6.20. The normalized spacial score (nSPS) is 21.9. The first-order valence-electron chi connectivity index (χ1n) is 5.29. The van der Waals surface area contributed by atoms with Gasteiger partial charge >= 0.3 is 0 Å². The second-order valence-electron chi connectivity index (χ2n) is 4.05. The number of rotatable bonds is 2. The first kappa shape index (κ1) is 10.4. The SMILES string of the molecule is C[C@@H](N=C(N)N)C1CCCCCC1. The lowest BCUT2D eigenvalue weighted by atomic mass is 9.93. The van der Waals surface area contributed by atoms with Crippen molar-refractivity contribution in [2.24, 2.45) is 22.4 Å². The van der Waals surface area contributed by atoms with Gasteiger partial charge in [0.1, 0.15) is 0 Å². The van der Waals surface area contributed by atoms with Gasteiger partial charge < -0.3 is 11.5 Å². The van der Waals surface area contributed by atoms with Crippen LogP contribution in [0.15, 0.2) is 4.99 Å². The summed E-state index contributed by atoms with van der Waals surface area (Å²) in [6.45, 7) is 2.12. The lowest BCUT2D eigenvalue weighted by molar-refractivity contribution is 0.395. The summed E-state index contributed by atoms with van der Waals surface area (Å²) in [4.78, 5) is 4.21. The minimum atomic E-state index is 0.233. The molecule has 0 heterocycles. The van der Waals surface area contributed by atoms with Gasteiger partial charge in [0.05, 0.1) is 6.04 Å². The Morgan fingerprint density at radius 2 is 1.69 bits per heavy atom. The molecule has 3 nitrogen and oxygen atoms in total. The minimum absolute atomic E-state index is 0.233. The smallest absolute Gasteiger partial charge is 0.186 e. The van der Waals surface area contributed by atoms with Crippen molar-refractivity contribution < 1.29 is 0 Å². The van der Waals surface area contributed by atoms with E-state index in [1.54, 1.807) is 0 Å². The molecule has 1 fully saturated rings. The number of nitrogens with two attached hydrogens (primary N) is 2. The molecule has 0 saturated heterocycles. The molecule has 13 heavy (non-hydrogen) atoms. The topological polar surface area (TPSA) is 64.4 Å². The lowest BCUT2D eigenvalue weighted by Gasteiger charge is -2.18. The zero-order valence-electron chi connectivity index (χ0n) is 8.50. The molecule has 0 aromatic rings. The summed E-state index contributed by atoms with van der Waals surface area (Å²) in [5.74, 6) is 0.932. The van der Waals surface area contributed by atoms with E-state index in [-0.39, 0.29) is 5.96 Å². The van der Waals surface area contributed by atoms with Gasteiger partial charge in [-0.05, 0) is 25.7 Å². The third kappa shape index (κ3) is 3.66. The van der Waals surface area contributed by atoms with Gasteiger partial charge in [-0.25, -0.2) is 0 Å². The van der Waals surface area contributed by atoms with Gasteiger partial charge in [-0.15, -0.1) is 0 Å². The van der Waals surface area contributed by atoms with Crippen LogP contribution >= 0.6 is 0 Å². The van der Waals surface area contributed by atoms with E-state index in [1.807, 2.05) is 0 Å². The van der Waals surface area contributed by atoms with Crippen LogP contribution in [0.25, 0.3) is 0 Å². The molecule has 1 atom stereocenters. The molecular formula is C10H21N3. The molecule has 0 aromatic heterocycles. The molecule has 0 amide bonds. The molecule has 1 aliphatic rings. The van der Waals surface area contributed by atoms with Crippen LogP contribution in [0.4, 0.5) is 0 Å². The van der Waals surface area contributed by atoms with E-state index in [4.69, 9.17) is 11.5 Å². The van der Waals surface area contributed by atoms with Crippen molar-refractivity contribution in [1.29, 1.82) is 0 Å². The largest absolute Gasteiger partial charge is 0.370 e. The van der Waals surface area contributed by atoms with Crippen LogP contribution in [0, 0.1) is 5.92 Å². The molecule has 0 bridgehead atoms. The predicted octanol–water partition coefficient (Wildman–Crippen LogP) is 1.62. The second-order valence-corrected chi connectivity index (χ2v) is 4.05. The summed E-state index contributed by atoms with van der Waals surface area (Å²) in [5, 5.41) is 0. The summed E-state index contributed by atoms with van der Waals surface area (Å²) < 4.78 is 0. The van der Waals surface area contributed by atoms with Crippen molar-refractivity contribution in [3.63, 3.8) is 0 Å². The summed E-state index contributed by atoms with van der Waals surface area (Å²) in [5.41, 5.74) is 10.7. The van der Waals surface area contributed by atoms with Gasteiger partial charge in [0.15, 0.2) is 5.96 Å². The Kier molecular flexibility index (Phi) is 4.06. The average Bonchev–Trinajstić information content (AvgIpc) is 2.29. The molecule has 1 rings (SSSR count). The molecule has 0 radical (unpaired) electrons. The molecule has 0 aliphatic heterocycles. The number of hydrogen-bond donors (Lipinski definition) is 2. The van der Waals surface area contributed by atoms with Crippen molar-refractivity contribution in [3.05, 3.63) is 0 Å². The molecule has 0 unspecified atom stereocenters.